The Hall–Kier alpha value is -1.89. The highest BCUT2D eigenvalue weighted by Gasteiger charge is 2.35. The number of ether oxygens (including phenoxy) is 1. The maximum absolute atomic E-state index is 14.4. The monoisotopic (exact) mass is 401 g/mol. The summed E-state index contributed by atoms with van der Waals surface area (Å²) in [5, 5.41) is 11.1. The van der Waals surface area contributed by atoms with Crippen molar-refractivity contribution >= 4 is 23.4 Å². The van der Waals surface area contributed by atoms with Crippen molar-refractivity contribution in [1.29, 1.82) is 0 Å². The summed E-state index contributed by atoms with van der Waals surface area (Å²) >= 11 is 1.42. The molecule has 4 nitrogen and oxygen atoms in total. The molecular formula is C22H24FNO3S. The number of carbonyl (C=O) groups excluding carboxylic acids is 1. The number of amides is 1. The Bertz CT molecular complexity index is 919. The van der Waals surface area contributed by atoms with Crippen LogP contribution in [0.4, 0.5) is 10.1 Å². The van der Waals surface area contributed by atoms with E-state index in [2.05, 4.69) is 0 Å². The lowest BCUT2D eigenvalue weighted by atomic mass is 9.84. The molecule has 0 aliphatic carbocycles. The van der Waals surface area contributed by atoms with Gasteiger partial charge in [-0.15, -0.1) is 0 Å². The van der Waals surface area contributed by atoms with Crippen molar-refractivity contribution < 1.29 is 19.0 Å². The summed E-state index contributed by atoms with van der Waals surface area (Å²) in [5.74, 6) is -0.284. The molecule has 0 unspecified atom stereocenters. The molecule has 2 aliphatic rings. The zero-order valence-corrected chi connectivity index (χ0v) is 16.9. The molecule has 0 aromatic heterocycles. The van der Waals surface area contributed by atoms with Crippen LogP contribution in [0.25, 0.3) is 0 Å². The van der Waals surface area contributed by atoms with Gasteiger partial charge in [0.25, 0.3) is 0 Å². The highest BCUT2D eigenvalue weighted by atomic mass is 32.2. The first-order valence-electron chi connectivity index (χ1n) is 9.57. The van der Waals surface area contributed by atoms with Crippen LogP contribution in [0.2, 0.25) is 0 Å². The topological polar surface area (TPSA) is 49.8 Å². The molecule has 148 valence electrons. The standard InChI is InChI=1S/C22H24FNO3S/c1-14-13-22(26,8-9-27-14)16-10-17(23)12-18(11-16)28-19-5-3-4-15-6-7-20(25)24(2)21(15)19/h3-5,10-12,14,26H,6-9,13H2,1-2H3/t14-,22+/m0/s1. The predicted molar refractivity (Wildman–Crippen MR) is 107 cm³/mol. The van der Waals surface area contributed by atoms with Gasteiger partial charge in [-0.1, -0.05) is 23.9 Å². The average Bonchev–Trinajstić information content (AvgIpc) is 2.64. The molecule has 2 heterocycles. The predicted octanol–water partition coefficient (Wildman–Crippen LogP) is 4.27. The van der Waals surface area contributed by atoms with E-state index in [0.717, 1.165) is 22.6 Å². The molecule has 0 bridgehead atoms. The average molecular weight is 402 g/mol. The molecule has 1 fully saturated rings. The minimum Gasteiger partial charge on any atom is -0.385 e. The van der Waals surface area contributed by atoms with E-state index in [-0.39, 0.29) is 17.8 Å². The number of hydrogen-bond acceptors (Lipinski definition) is 4. The number of aryl methyl sites for hydroxylation is 1. The van der Waals surface area contributed by atoms with Crippen molar-refractivity contribution in [2.24, 2.45) is 0 Å². The van der Waals surface area contributed by atoms with Crippen molar-refractivity contribution in [3.63, 3.8) is 0 Å². The van der Waals surface area contributed by atoms with Crippen LogP contribution in [0.5, 0.6) is 0 Å². The zero-order chi connectivity index (χ0) is 19.9. The lowest BCUT2D eigenvalue weighted by molar-refractivity contribution is -0.118. The zero-order valence-electron chi connectivity index (χ0n) is 16.1. The van der Waals surface area contributed by atoms with Crippen molar-refractivity contribution in [2.75, 3.05) is 18.6 Å². The first kappa shape index (κ1) is 19.4. The molecule has 2 aromatic carbocycles. The van der Waals surface area contributed by atoms with Gasteiger partial charge in [0.05, 0.1) is 24.0 Å². The van der Waals surface area contributed by atoms with E-state index in [0.29, 0.717) is 36.3 Å². The number of anilines is 1. The maximum Gasteiger partial charge on any atom is 0.227 e. The largest absolute Gasteiger partial charge is 0.385 e. The smallest absolute Gasteiger partial charge is 0.227 e. The molecule has 2 aliphatic heterocycles. The van der Waals surface area contributed by atoms with E-state index in [1.54, 1.807) is 11.9 Å². The van der Waals surface area contributed by atoms with Crippen LogP contribution in [-0.4, -0.2) is 30.8 Å². The molecule has 0 radical (unpaired) electrons. The molecule has 2 aromatic rings. The normalized spacial score (nSPS) is 24.9. The second-order valence-electron chi connectivity index (χ2n) is 7.66. The van der Waals surface area contributed by atoms with Crippen LogP contribution in [0, 0.1) is 5.82 Å². The Morgan fingerprint density at radius 2 is 2.11 bits per heavy atom. The summed E-state index contributed by atoms with van der Waals surface area (Å²) < 4.78 is 19.9. The summed E-state index contributed by atoms with van der Waals surface area (Å²) in [6.07, 6.45) is 2.05. The molecule has 28 heavy (non-hydrogen) atoms. The van der Waals surface area contributed by atoms with Gasteiger partial charge in [-0.2, -0.15) is 0 Å². The summed E-state index contributed by atoms with van der Waals surface area (Å²) in [5.41, 5.74) is 1.52. The number of nitrogens with zero attached hydrogens (tertiary/aromatic N) is 1. The molecule has 1 saturated heterocycles. The summed E-state index contributed by atoms with van der Waals surface area (Å²) in [6, 6.07) is 10.7. The van der Waals surface area contributed by atoms with Crippen molar-refractivity contribution in [3.8, 4) is 0 Å². The molecule has 4 rings (SSSR count). The minimum atomic E-state index is -1.09. The fraction of sp³-hybridized carbons (Fsp3) is 0.409. The number of halogens is 1. The molecular weight excluding hydrogens is 377 g/mol. The van der Waals surface area contributed by atoms with Gasteiger partial charge in [-0.3, -0.25) is 4.79 Å². The van der Waals surface area contributed by atoms with E-state index in [1.165, 1.54) is 23.9 Å². The molecule has 0 saturated carbocycles. The number of para-hydroxylation sites is 1. The fourth-order valence-corrected chi connectivity index (χ4v) is 5.23. The van der Waals surface area contributed by atoms with E-state index < -0.39 is 5.60 Å². The second-order valence-corrected chi connectivity index (χ2v) is 8.78. The Labute approximate surface area is 168 Å². The van der Waals surface area contributed by atoms with Gasteiger partial charge in [0.2, 0.25) is 5.91 Å². The molecule has 6 heteroatoms. The lowest BCUT2D eigenvalue weighted by Gasteiger charge is -2.36. The van der Waals surface area contributed by atoms with Crippen molar-refractivity contribution in [1.82, 2.24) is 0 Å². The summed E-state index contributed by atoms with van der Waals surface area (Å²) in [4.78, 5) is 15.5. The van der Waals surface area contributed by atoms with Gasteiger partial charge in [-0.25, -0.2) is 4.39 Å². The van der Waals surface area contributed by atoms with E-state index in [9.17, 15) is 14.3 Å². The number of aliphatic hydroxyl groups is 1. The van der Waals surface area contributed by atoms with E-state index >= 15 is 0 Å². The SMILES string of the molecule is C[C@H]1C[C@@](O)(c2cc(F)cc(Sc3cccc4c3N(C)C(=O)CC4)c2)CCO1. The van der Waals surface area contributed by atoms with Gasteiger partial charge in [0, 0.05) is 36.1 Å². The van der Waals surface area contributed by atoms with Crippen molar-refractivity contribution in [3.05, 3.63) is 53.3 Å². The second kappa shape index (κ2) is 7.50. The third-order valence-electron chi connectivity index (χ3n) is 5.58. The Morgan fingerprint density at radius 1 is 1.29 bits per heavy atom. The van der Waals surface area contributed by atoms with Crippen LogP contribution in [0.15, 0.2) is 46.2 Å². The summed E-state index contributed by atoms with van der Waals surface area (Å²) in [6.45, 7) is 2.37. The third-order valence-corrected chi connectivity index (χ3v) is 6.60. The summed E-state index contributed by atoms with van der Waals surface area (Å²) in [7, 11) is 1.79. The minimum absolute atomic E-state index is 0.0704. The Balaban J connectivity index is 1.69. The van der Waals surface area contributed by atoms with Crippen LogP contribution in [-0.2, 0) is 21.6 Å². The van der Waals surface area contributed by atoms with Gasteiger partial charge in [0.1, 0.15) is 5.82 Å². The van der Waals surface area contributed by atoms with Gasteiger partial charge >= 0.3 is 0 Å². The highest BCUT2D eigenvalue weighted by Crippen LogP contribution is 2.42. The van der Waals surface area contributed by atoms with E-state index in [4.69, 9.17) is 4.74 Å². The fourth-order valence-electron chi connectivity index (χ4n) is 4.11. The van der Waals surface area contributed by atoms with Gasteiger partial charge < -0.3 is 14.7 Å². The van der Waals surface area contributed by atoms with E-state index in [1.807, 2.05) is 31.2 Å². The molecule has 1 amide bonds. The number of fused-ring (bicyclic) bond motifs is 1. The number of benzene rings is 2. The Morgan fingerprint density at radius 3 is 2.89 bits per heavy atom. The number of hydrogen-bond donors (Lipinski definition) is 1. The Kier molecular flexibility index (Phi) is 5.21. The number of carbonyl (C=O) groups is 1. The first-order chi connectivity index (χ1) is 13.4. The van der Waals surface area contributed by atoms with Crippen molar-refractivity contribution in [2.45, 2.75) is 54.1 Å². The number of rotatable bonds is 3. The lowest BCUT2D eigenvalue weighted by Crippen LogP contribution is -2.37. The van der Waals surface area contributed by atoms with Gasteiger partial charge in [-0.05, 0) is 48.7 Å². The molecule has 0 spiro atoms. The maximum atomic E-state index is 14.4. The quantitative estimate of drug-likeness (QED) is 0.834. The third kappa shape index (κ3) is 3.69. The van der Waals surface area contributed by atoms with Gasteiger partial charge in [0.15, 0.2) is 0 Å². The van der Waals surface area contributed by atoms with Crippen LogP contribution < -0.4 is 4.90 Å². The highest BCUT2D eigenvalue weighted by molar-refractivity contribution is 7.99. The first-order valence-corrected chi connectivity index (χ1v) is 10.4. The van der Waals surface area contributed by atoms with Crippen LogP contribution >= 0.6 is 11.8 Å². The van der Waals surface area contributed by atoms with Crippen LogP contribution in [0.1, 0.15) is 37.3 Å². The molecule has 2 atom stereocenters. The molecule has 1 N–H and O–H groups in total. The van der Waals surface area contributed by atoms with Crippen LogP contribution in [0.3, 0.4) is 0 Å².